The van der Waals surface area contributed by atoms with Crippen LogP contribution in [-0.4, -0.2) is 49.1 Å². The fourth-order valence-corrected chi connectivity index (χ4v) is 4.12. The van der Waals surface area contributed by atoms with Crippen LogP contribution in [0.1, 0.15) is 60.0 Å². The van der Waals surface area contributed by atoms with Gasteiger partial charge in [-0.25, -0.2) is 4.68 Å². The average Bonchev–Trinajstić information content (AvgIpc) is 3.32. The minimum atomic E-state index is -4.37. The number of hydrogen-bond donors (Lipinski definition) is 1. The Labute approximate surface area is 160 Å². The molecule has 0 aliphatic carbocycles. The van der Waals surface area contributed by atoms with E-state index in [2.05, 4.69) is 15.5 Å². The normalized spacial score (nSPS) is 24.9. The lowest BCUT2D eigenvalue weighted by atomic mass is 10.1. The largest absolute Gasteiger partial charge is 0.410 e. The Hall–Kier alpha value is -2.52. The molecule has 2 aliphatic rings. The zero-order valence-electron chi connectivity index (χ0n) is 16.0. The van der Waals surface area contributed by atoms with Crippen molar-refractivity contribution in [2.24, 2.45) is 7.05 Å². The van der Waals surface area contributed by atoms with Gasteiger partial charge < -0.3 is 10.2 Å². The first-order valence-corrected chi connectivity index (χ1v) is 9.39. The number of aromatic nitrogens is 4. The third-order valence-corrected chi connectivity index (χ3v) is 5.72. The number of aryl methyl sites for hydroxylation is 1. The maximum Gasteiger partial charge on any atom is 0.410 e. The first kappa shape index (κ1) is 18.8. The molecule has 2 aromatic rings. The molecule has 2 aliphatic heterocycles. The number of rotatable bonds is 2. The first-order chi connectivity index (χ1) is 13.2. The average molecular weight is 396 g/mol. The summed E-state index contributed by atoms with van der Waals surface area (Å²) in [7, 11) is 1.77. The molecule has 0 saturated carbocycles. The molecule has 152 valence electrons. The summed E-state index contributed by atoms with van der Waals surface area (Å²) in [5.74, 6) is 0.195. The summed E-state index contributed by atoms with van der Waals surface area (Å²) < 4.78 is 43.1. The van der Waals surface area contributed by atoms with Crippen molar-refractivity contribution < 1.29 is 18.0 Å². The predicted octanol–water partition coefficient (Wildman–Crippen LogP) is 3.21. The predicted molar refractivity (Wildman–Crippen MR) is 96.0 cm³/mol. The SMILES string of the molecule is Cc1c(C(=O)N2CCCC2c2cc3n(n2)[C@@H](C(F)(F)F)C[C@@H](C)N3)cnn1C. The van der Waals surface area contributed by atoms with Gasteiger partial charge in [0.05, 0.1) is 23.5 Å². The van der Waals surface area contributed by atoms with E-state index in [1.165, 1.54) is 6.20 Å². The third-order valence-electron chi connectivity index (χ3n) is 5.72. The number of fused-ring (bicyclic) bond motifs is 1. The zero-order valence-corrected chi connectivity index (χ0v) is 16.0. The van der Waals surface area contributed by atoms with Crippen molar-refractivity contribution in [2.75, 3.05) is 11.9 Å². The summed E-state index contributed by atoms with van der Waals surface area (Å²) in [6, 6.07) is -0.640. The lowest BCUT2D eigenvalue weighted by molar-refractivity contribution is -0.173. The number of carbonyl (C=O) groups excluding carboxylic acids is 1. The minimum Gasteiger partial charge on any atom is -0.368 e. The zero-order chi connectivity index (χ0) is 20.2. The lowest BCUT2D eigenvalue weighted by Gasteiger charge is -2.31. The number of likely N-dealkylation sites (tertiary alicyclic amines) is 1. The van der Waals surface area contributed by atoms with E-state index in [1.807, 2.05) is 6.92 Å². The molecule has 2 aromatic heterocycles. The molecule has 0 radical (unpaired) electrons. The summed E-state index contributed by atoms with van der Waals surface area (Å²) >= 11 is 0. The summed E-state index contributed by atoms with van der Waals surface area (Å²) in [6.07, 6.45) is -1.45. The number of nitrogens with one attached hydrogen (secondary N) is 1. The maximum atomic E-state index is 13.5. The fraction of sp³-hybridized carbons (Fsp3) is 0.611. The number of alkyl halides is 3. The fourth-order valence-electron chi connectivity index (χ4n) is 4.12. The first-order valence-electron chi connectivity index (χ1n) is 9.39. The quantitative estimate of drug-likeness (QED) is 0.847. The highest BCUT2D eigenvalue weighted by Gasteiger charge is 2.46. The van der Waals surface area contributed by atoms with Crippen LogP contribution in [0.25, 0.3) is 0 Å². The molecular weight excluding hydrogens is 373 g/mol. The Kier molecular flexibility index (Phi) is 4.39. The van der Waals surface area contributed by atoms with Crippen LogP contribution in [0.4, 0.5) is 19.0 Å². The smallest absolute Gasteiger partial charge is 0.368 e. The Bertz CT molecular complexity index is 902. The van der Waals surface area contributed by atoms with Gasteiger partial charge in [0.2, 0.25) is 0 Å². The second-order valence-electron chi connectivity index (χ2n) is 7.66. The second-order valence-corrected chi connectivity index (χ2v) is 7.66. The van der Waals surface area contributed by atoms with Gasteiger partial charge in [-0.2, -0.15) is 23.4 Å². The van der Waals surface area contributed by atoms with Crippen molar-refractivity contribution in [3.63, 3.8) is 0 Å². The molecule has 28 heavy (non-hydrogen) atoms. The van der Waals surface area contributed by atoms with E-state index in [-0.39, 0.29) is 24.4 Å². The topological polar surface area (TPSA) is 68.0 Å². The molecule has 4 heterocycles. The van der Waals surface area contributed by atoms with Crippen molar-refractivity contribution in [2.45, 2.75) is 57.4 Å². The Balaban J connectivity index is 1.66. The molecule has 0 bridgehead atoms. The summed E-state index contributed by atoms with van der Waals surface area (Å²) in [6.45, 7) is 4.10. The van der Waals surface area contributed by atoms with Gasteiger partial charge in [0, 0.05) is 31.4 Å². The molecule has 4 rings (SSSR count). The van der Waals surface area contributed by atoms with Crippen LogP contribution in [-0.2, 0) is 7.05 Å². The highest BCUT2D eigenvalue weighted by Crippen LogP contribution is 2.41. The van der Waals surface area contributed by atoms with Crippen LogP contribution in [0.3, 0.4) is 0 Å². The monoisotopic (exact) mass is 396 g/mol. The van der Waals surface area contributed by atoms with Crippen LogP contribution in [0.2, 0.25) is 0 Å². The van der Waals surface area contributed by atoms with Gasteiger partial charge in [0.15, 0.2) is 6.04 Å². The van der Waals surface area contributed by atoms with E-state index < -0.39 is 12.2 Å². The van der Waals surface area contributed by atoms with Gasteiger partial charge in [-0.05, 0) is 33.1 Å². The van der Waals surface area contributed by atoms with E-state index in [4.69, 9.17) is 0 Å². The van der Waals surface area contributed by atoms with E-state index in [0.717, 1.165) is 16.8 Å². The second kappa shape index (κ2) is 6.52. The molecule has 10 heteroatoms. The Morgan fingerprint density at radius 1 is 1.36 bits per heavy atom. The molecule has 1 N–H and O–H groups in total. The molecule has 1 saturated heterocycles. The van der Waals surface area contributed by atoms with Gasteiger partial charge >= 0.3 is 6.18 Å². The van der Waals surface area contributed by atoms with Crippen molar-refractivity contribution >= 4 is 11.7 Å². The number of halogens is 3. The molecule has 0 spiro atoms. The van der Waals surface area contributed by atoms with Crippen LogP contribution < -0.4 is 5.32 Å². The van der Waals surface area contributed by atoms with Crippen molar-refractivity contribution in [1.29, 1.82) is 0 Å². The highest BCUT2D eigenvalue weighted by atomic mass is 19.4. The van der Waals surface area contributed by atoms with E-state index in [1.54, 1.807) is 29.6 Å². The Morgan fingerprint density at radius 3 is 2.75 bits per heavy atom. The lowest BCUT2D eigenvalue weighted by Crippen LogP contribution is -2.38. The number of carbonyl (C=O) groups is 1. The van der Waals surface area contributed by atoms with Gasteiger partial charge in [0.25, 0.3) is 5.91 Å². The van der Waals surface area contributed by atoms with Crippen LogP contribution in [0.5, 0.6) is 0 Å². The summed E-state index contributed by atoms with van der Waals surface area (Å²) in [4.78, 5) is 14.7. The molecule has 0 aromatic carbocycles. The van der Waals surface area contributed by atoms with Crippen LogP contribution in [0, 0.1) is 6.92 Å². The van der Waals surface area contributed by atoms with Gasteiger partial charge in [0.1, 0.15) is 5.82 Å². The van der Waals surface area contributed by atoms with Crippen molar-refractivity contribution in [3.05, 3.63) is 29.2 Å². The van der Waals surface area contributed by atoms with Crippen LogP contribution in [0.15, 0.2) is 12.3 Å². The summed E-state index contributed by atoms with van der Waals surface area (Å²) in [5.41, 5.74) is 1.77. The number of nitrogens with zero attached hydrogens (tertiary/aromatic N) is 5. The molecular formula is C18H23F3N6O. The number of amides is 1. The summed E-state index contributed by atoms with van der Waals surface area (Å²) in [5, 5.41) is 11.5. The maximum absolute atomic E-state index is 13.5. The van der Waals surface area contributed by atoms with E-state index in [0.29, 0.717) is 30.0 Å². The minimum absolute atomic E-state index is 0.0696. The van der Waals surface area contributed by atoms with Gasteiger partial charge in [-0.15, -0.1) is 0 Å². The molecule has 3 atom stereocenters. The standard InChI is InChI=1S/C18H23F3N6O/c1-10-7-15(18(19,20)21)27-16(23-10)8-13(24-27)14-5-4-6-26(14)17(28)12-9-22-25(3)11(12)2/h8-10,14-15,23H,4-7H2,1-3H3/t10-,14?,15-/m1/s1. The van der Waals surface area contributed by atoms with E-state index >= 15 is 0 Å². The number of hydrogen-bond acceptors (Lipinski definition) is 4. The van der Waals surface area contributed by atoms with Crippen molar-refractivity contribution in [3.8, 4) is 0 Å². The number of anilines is 1. The van der Waals surface area contributed by atoms with Gasteiger partial charge in [-0.3, -0.25) is 9.48 Å². The molecule has 1 fully saturated rings. The molecule has 1 amide bonds. The van der Waals surface area contributed by atoms with E-state index in [9.17, 15) is 18.0 Å². The third kappa shape index (κ3) is 3.04. The Morgan fingerprint density at radius 2 is 2.11 bits per heavy atom. The van der Waals surface area contributed by atoms with Gasteiger partial charge in [-0.1, -0.05) is 0 Å². The van der Waals surface area contributed by atoms with Crippen LogP contribution >= 0.6 is 0 Å². The molecule has 1 unspecified atom stereocenters. The highest BCUT2D eigenvalue weighted by molar-refractivity contribution is 5.95. The molecule has 7 nitrogen and oxygen atoms in total. The van der Waals surface area contributed by atoms with Crippen molar-refractivity contribution in [1.82, 2.24) is 24.5 Å².